The SMILES string of the molecule is C=CC[C@@]1(S(=O)(=O)c2ccccc2)O[C@H]1CO[Si](C)(C)C(C)(C)C. The van der Waals surface area contributed by atoms with E-state index in [4.69, 9.17) is 9.16 Å². The highest BCUT2D eigenvalue weighted by Crippen LogP contribution is 2.49. The van der Waals surface area contributed by atoms with Gasteiger partial charge in [0.15, 0.2) is 8.32 Å². The summed E-state index contributed by atoms with van der Waals surface area (Å²) >= 11 is 0. The second-order valence-electron chi connectivity index (χ2n) is 7.80. The molecular formula is C18H28O4SSi. The van der Waals surface area contributed by atoms with E-state index >= 15 is 0 Å². The Balaban J connectivity index is 2.20. The molecule has 1 fully saturated rings. The number of rotatable bonds is 7. The number of ether oxygens (including phenoxy) is 1. The van der Waals surface area contributed by atoms with Gasteiger partial charge in [0.25, 0.3) is 0 Å². The molecule has 0 radical (unpaired) electrons. The molecule has 0 saturated carbocycles. The largest absolute Gasteiger partial charge is 0.414 e. The van der Waals surface area contributed by atoms with Gasteiger partial charge in [-0.05, 0) is 30.3 Å². The molecule has 4 nitrogen and oxygen atoms in total. The summed E-state index contributed by atoms with van der Waals surface area (Å²) in [6, 6.07) is 8.45. The molecule has 0 N–H and O–H groups in total. The summed E-state index contributed by atoms with van der Waals surface area (Å²) in [6.07, 6.45) is 1.41. The van der Waals surface area contributed by atoms with E-state index in [1.807, 2.05) is 0 Å². The quantitative estimate of drug-likeness (QED) is 0.412. The zero-order valence-corrected chi connectivity index (χ0v) is 17.0. The Morgan fingerprint density at radius 1 is 1.29 bits per heavy atom. The van der Waals surface area contributed by atoms with E-state index < -0.39 is 29.2 Å². The highest BCUT2D eigenvalue weighted by Gasteiger charge is 2.66. The minimum atomic E-state index is -3.60. The van der Waals surface area contributed by atoms with Gasteiger partial charge in [0.1, 0.15) is 6.10 Å². The first-order valence-electron chi connectivity index (χ1n) is 8.20. The second-order valence-corrected chi connectivity index (χ2v) is 14.8. The van der Waals surface area contributed by atoms with E-state index in [0.29, 0.717) is 6.61 Å². The second kappa shape index (κ2) is 6.41. The monoisotopic (exact) mass is 368 g/mol. The minimum Gasteiger partial charge on any atom is -0.414 e. The van der Waals surface area contributed by atoms with E-state index in [2.05, 4.69) is 40.4 Å². The summed E-state index contributed by atoms with van der Waals surface area (Å²) in [5.41, 5.74) is 0. The summed E-state index contributed by atoms with van der Waals surface area (Å²) in [7, 11) is -5.55. The molecule has 1 heterocycles. The lowest BCUT2D eigenvalue weighted by molar-refractivity contribution is 0.240. The van der Waals surface area contributed by atoms with Gasteiger partial charge in [-0.15, -0.1) is 6.58 Å². The van der Waals surface area contributed by atoms with Crippen LogP contribution in [0.1, 0.15) is 27.2 Å². The van der Waals surface area contributed by atoms with Crippen molar-refractivity contribution in [3.8, 4) is 0 Å². The normalized spacial score (nSPS) is 24.6. The Bertz CT molecular complexity index is 691. The van der Waals surface area contributed by atoms with E-state index in [1.54, 1.807) is 36.4 Å². The lowest BCUT2D eigenvalue weighted by Crippen LogP contribution is -2.42. The molecule has 0 amide bonds. The van der Waals surface area contributed by atoms with Crippen molar-refractivity contribution >= 4 is 18.2 Å². The van der Waals surface area contributed by atoms with Crippen molar-refractivity contribution in [2.45, 2.75) is 61.3 Å². The number of hydrogen-bond donors (Lipinski definition) is 0. The van der Waals surface area contributed by atoms with E-state index in [0.717, 1.165) is 0 Å². The fourth-order valence-electron chi connectivity index (χ4n) is 2.39. The molecule has 24 heavy (non-hydrogen) atoms. The summed E-state index contributed by atoms with van der Waals surface area (Å²) in [5.74, 6) is 0. The molecular weight excluding hydrogens is 340 g/mol. The Morgan fingerprint density at radius 2 is 1.88 bits per heavy atom. The molecule has 134 valence electrons. The fourth-order valence-corrected chi connectivity index (χ4v) is 5.30. The van der Waals surface area contributed by atoms with E-state index in [1.165, 1.54) is 0 Å². The van der Waals surface area contributed by atoms with Crippen LogP contribution in [0.5, 0.6) is 0 Å². The Kier molecular flexibility index (Phi) is 5.17. The van der Waals surface area contributed by atoms with Gasteiger partial charge < -0.3 is 9.16 Å². The predicted octanol–water partition coefficient (Wildman–Crippen LogP) is 4.15. The van der Waals surface area contributed by atoms with Crippen LogP contribution in [0, 0.1) is 0 Å². The van der Waals surface area contributed by atoms with Crippen molar-refractivity contribution in [2.75, 3.05) is 6.61 Å². The number of sulfone groups is 1. The Labute approximate surface area is 146 Å². The highest BCUT2D eigenvalue weighted by molar-refractivity contribution is 7.93. The summed E-state index contributed by atoms with van der Waals surface area (Å²) in [6.45, 7) is 14.8. The van der Waals surface area contributed by atoms with Crippen molar-refractivity contribution in [2.24, 2.45) is 0 Å². The van der Waals surface area contributed by atoms with Gasteiger partial charge in [-0.1, -0.05) is 45.0 Å². The maximum Gasteiger partial charge on any atom is 0.211 e. The van der Waals surface area contributed by atoms with Crippen molar-refractivity contribution in [3.05, 3.63) is 43.0 Å². The molecule has 0 aromatic heterocycles. The minimum absolute atomic E-state index is 0.0707. The summed E-state index contributed by atoms with van der Waals surface area (Å²) < 4.78 is 37.9. The zero-order chi connectivity index (χ0) is 18.2. The van der Waals surface area contributed by atoms with Crippen molar-refractivity contribution in [1.82, 2.24) is 0 Å². The average Bonchev–Trinajstić information content (AvgIpc) is 3.20. The average molecular weight is 369 g/mol. The van der Waals surface area contributed by atoms with Crippen molar-refractivity contribution in [1.29, 1.82) is 0 Å². The molecule has 2 rings (SSSR count). The van der Waals surface area contributed by atoms with Crippen LogP contribution in [-0.4, -0.2) is 34.4 Å². The van der Waals surface area contributed by atoms with Gasteiger partial charge in [0.05, 0.1) is 11.5 Å². The van der Waals surface area contributed by atoms with Gasteiger partial charge in [-0.3, -0.25) is 0 Å². The van der Waals surface area contributed by atoms with E-state index in [9.17, 15) is 8.42 Å². The zero-order valence-electron chi connectivity index (χ0n) is 15.2. The Hall–Kier alpha value is -0.953. The first-order chi connectivity index (χ1) is 11.0. The van der Waals surface area contributed by atoms with Crippen LogP contribution < -0.4 is 0 Å². The van der Waals surface area contributed by atoms with E-state index in [-0.39, 0.29) is 16.4 Å². The van der Waals surface area contributed by atoms with Gasteiger partial charge in [0, 0.05) is 6.42 Å². The van der Waals surface area contributed by atoms with Crippen LogP contribution in [0.3, 0.4) is 0 Å². The van der Waals surface area contributed by atoms with Crippen molar-refractivity contribution in [3.63, 3.8) is 0 Å². The topological polar surface area (TPSA) is 55.9 Å². The molecule has 0 aliphatic carbocycles. The van der Waals surface area contributed by atoms with Gasteiger partial charge in [-0.2, -0.15) is 0 Å². The van der Waals surface area contributed by atoms with Gasteiger partial charge >= 0.3 is 0 Å². The molecule has 0 unspecified atom stereocenters. The van der Waals surface area contributed by atoms with Crippen LogP contribution in [-0.2, 0) is 19.0 Å². The molecule has 6 heteroatoms. The Morgan fingerprint density at radius 3 is 2.38 bits per heavy atom. The molecule has 0 spiro atoms. The molecule has 1 aromatic carbocycles. The van der Waals surface area contributed by atoms with Crippen LogP contribution in [0.2, 0.25) is 18.1 Å². The summed E-state index contributed by atoms with van der Waals surface area (Å²) in [4.78, 5) is -0.958. The number of hydrogen-bond acceptors (Lipinski definition) is 4. The standard InChI is InChI=1S/C18H28O4SSi/c1-7-13-18(23(19,20)15-11-9-8-10-12-15)16(22-18)14-21-24(5,6)17(2,3)4/h7-12,16H,1,13-14H2,2-6H3/t16-,18-/m0/s1. The van der Waals surface area contributed by atoms with Crippen LogP contribution in [0.15, 0.2) is 47.9 Å². The van der Waals surface area contributed by atoms with Gasteiger partial charge in [0.2, 0.25) is 14.8 Å². The number of epoxide rings is 1. The van der Waals surface area contributed by atoms with Crippen molar-refractivity contribution < 1.29 is 17.6 Å². The third-order valence-electron chi connectivity index (χ3n) is 5.11. The fraction of sp³-hybridized carbons (Fsp3) is 0.556. The third-order valence-corrected chi connectivity index (χ3v) is 11.9. The third kappa shape index (κ3) is 3.38. The molecule has 1 aromatic rings. The van der Waals surface area contributed by atoms with Crippen LogP contribution >= 0.6 is 0 Å². The molecule has 2 atom stereocenters. The lowest BCUT2D eigenvalue weighted by Gasteiger charge is -2.36. The maximum absolute atomic E-state index is 13.0. The van der Waals surface area contributed by atoms with Gasteiger partial charge in [-0.25, -0.2) is 8.42 Å². The number of benzene rings is 1. The molecule has 0 bridgehead atoms. The first-order valence-corrected chi connectivity index (χ1v) is 12.6. The smallest absolute Gasteiger partial charge is 0.211 e. The first kappa shape index (κ1) is 19.4. The highest BCUT2D eigenvalue weighted by atomic mass is 32.2. The molecule has 1 aliphatic heterocycles. The maximum atomic E-state index is 13.0. The predicted molar refractivity (Wildman–Crippen MR) is 99.2 cm³/mol. The lowest BCUT2D eigenvalue weighted by atomic mass is 10.2. The summed E-state index contributed by atoms with van der Waals surface area (Å²) in [5, 5.41) is 0.0707. The van der Waals surface area contributed by atoms with Crippen LogP contribution in [0.4, 0.5) is 0 Å². The van der Waals surface area contributed by atoms with Crippen LogP contribution in [0.25, 0.3) is 0 Å². The molecule has 1 aliphatic rings. The molecule has 1 saturated heterocycles.